The van der Waals surface area contributed by atoms with Gasteiger partial charge < -0.3 is 14.4 Å². The van der Waals surface area contributed by atoms with Crippen LogP contribution in [0.5, 0.6) is 0 Å². The fraction of sp³-hybridized carbons (Fsp3) is 0.480. The molecule has 2 aliphatic heterocycles. The van der Waals surface area contributed by atoms with Crippen LogP contribution in [0.1, 0.15) is 25.1 Å². The maximum absolute atomic E-state index is 13.2. The van der Waals surface area contributed by atoms with Gasteiger partial charge in [-0.1, -0.05) is 6.42 Å². The van der Waals surface area contributed by atoms with Crippen LogP contribution in [0.3, 0.4) is 0 Å². The van der Waals surface area contributed by atoms with Crippen LogP contribution in [0.2, 0.25) is 0 Å². The van der Waals surface area contributed by atoms with Gasteiger partial charge in [-0.05, 0) is 55.3 Å². The Bertz CT molecular complexity index is 1060. The summed E-state index contributed by atoms with van der Waals surface area (Å²) < 4.78 is 15.7. The molecule has 162 valence electrons. The first-order chi connectivity index (χ1) is 15.2. The number of fused-ring (bicyclic) bond motifs is 3. The van der Waals surface area contributed by atoms with Gasteiger partial charge in [0.25, 0.3) is 0 Å². The molecule has 0 spiro atoms. The Balaban J connectivity index is 1.16. The summed E-state index contributed by atoms with van der Waals surface area (Å²) in [6.45, 7) is 7.17. The van der Waals surface area contributed by atoms with Gasteiger partial charge in [-0.2, -0.15) is 0 Å². The van der Waals surface area contributed by atoms with Crippen LogP contribution in [-0.4, -0.2) is 59.8 Å². The third-order valence-corrected chi connectivity index (χ3v) is 7.47. The number of nitrogens with zero attached hydrogens (tertiary/aromatic N) is 5. The molecule has 3 heterocycles. The first kappa shape index (κ1) is 19.1. The predicted octanol–water partition coefficient (Wildman–Crippen LogP) is 3.91. The Morgan fingerprint density at radius 1 is 0.774 bits per heavy atom. The van der Waals surface area contributed by atoms with Crippen LogP contribution < -0.4 is 9.80 Å². The minimum atomic E-state index is -0.176. The Morgan fingerprint density at radius 2 is 1.48 bits per heavy atom. The lowest BCUT2D eigenvalue weighted by molar-refractivity contribution is 0.130. The van der Waals surface area contributed by atoms with Gasteiger partial charge in [0.15, 0.2) is 0 Å². The van der Waals surface area contributed by atoms with Gasteiger partial charge in [0.1, 0.15) is 11.6 Å². The first-order valence-electron chi connectivity index (χ1n) is 11.7. The largest absolute Gasteiger partial charge is 0.368 e. The molecule has 6 heteroatoms. The number of hydrogen-bond donors (Lipinski definition) is 0. The van der Waals surface area contributed by atoms with E-state index in [2.05, 4.69) is 37.5 Å². The Morgan fingerprint density at radius 3 is 2.19 bits per heavy atom. The quantitative estimate of drug-likeness (QED) is 0.643. The summed E-state index contributed by atoms with van der Waals surface area (Å²) in [7, 11) is 0. The fourth-order valence-corrected chi connectivity index (χ4v) is 5.38. The highest BCUT2D eigenvalue weighted by atomic mass is 19.1. The van der Waals surface area contributed by atoms with Crippen molar-refractivity contribution in [2.24, 2.45) is 0 Å². The van der Waals surface area contributed by atoms with Crippen LogP contribution in [0.25, 0.3) is 11.0 Å². The minimum absolute atomic E-state index is 0.176. The molecule has 1 aromatic heterocycles. The van der Waals surface area contributed by atoms with Gasteiger partial charge in [-0.15, -0.1) is 0 Å². The highest BCUT2D eigenvalue weighted by Gasteiger charge is 2.27. The second-order valence-electron chi connectivity index (χ2n) is 9.17. The minimum Gasteiger partial charge on any atom is -0.368 e. The fourth-order valence-electron chi connectivity index (χ4n) is 5.38. The normalized spacial score (nSPS) is 20.5. The van der Waals surface area contributed by atoms with Crippen LogP contribution in [0.4, 0.5) is 15.8 Å². The smallest absolute Gasteiger partial charge is 0.123 e. The topological polar surface area (TPSA) is 27.5 Å². The SMILES string of the molecule is Fc1ccc(N2CCN(c3ccc4c(c3)nc3n4CCN(C4CCC4)CC3)CC2)cc1. The maximum Gasteiger partial charge on any atom is 0.123 e. The zero-order valence-electron chi connectivity index (χ0n) is 18.0. The summed E-state index contributed by atoms with van der Waals surface area (Å²) in [5, 5.41) is 0. The summed E-state index contributed by atoms with van der Waals surface area (Å²) >= 11 is 0. The van der Waals surface area contributed by atoms with Gasteiger partial charge in [0.2, 0.25) is 0 Å². The second kappa shape index (κ2) is 7.83. The van der Waals surface area contributed by atoms with E-state index < -0.39 is 0 Å². The predicted molar refractivity (Wildman–Crippen MR) is 123 cm³/mol. The highest BCUT2D eigenvalue weighted by molar-refractivity contribution is 5.80. The second-order valence-corrected chi connectivity index (χ2v) is 9.17. The number of hydrogen-bond acceptors (Lipinski definition) is 4. The molecule has 0 radical (unpaired) electrons. The van der Waals surface area contributed by atoms with Crippen molar-refractivity contribution in [3.63, 3.8) is 0 Å². The zero-order valence-corrected chi connectivity index (χ0v) is 18.0. The number of benzene rings is 2. The highest BCUT2D eigenvalue weighted by Crippen LogP contribution is 2.29. The lowest BCUT2D eigenvalue weighted by Gasteiger charge is -2.37. The van der Waals surface area contributed by atoms with E-state index in [0.717, 1.165) is 69.5 Å². The number of imidazole rings is 1. The van der Waals surface area contributed by atoms with E-state index >= 15 is 0 Å². The van der Waals surface area contributed by atoms with Gasteiger partial charge in [-0.3, -0.25) is 4.90 Å². The van der Waals surface area contributed by atoms with Gasteiger partial charge in [0.05, 0.1) is 11.0 Å². The van der Waals surface area contributed by atoms with E-state index in [9.17, 15) is 4.39 Å². The van der Waals surface area contributed by atoms with E-state index in [1.54, 1.807) is 12.1 Å². The molecule has 1 saturated carbocycles. The van der Waals surface area contributed by atoms with Crippen molar-refractivity contribution in [2.45, 2.75) is 38.3 Å². The van der Waals surface area contributed by atoms with Gasteiger partial charge >= 0.3 is 0 Å². The molecule has 0 bridgehead atoms. The Kier molecular flexibility index (Phi) is 4.82. The zero-order chi connectivity index (χ0) is 20.8. The van der Waals surface area contributed by atoms with E-state index in [0.29, 0.717) is 0 Å². The van der Waals surface area contributed by atoms with Crippen molar-refractivity contribution < 1.29 is 4.39 Å². The molecule has 0 unspecified atom stereocenters. The lowest BCUT2D eigenvalue weighted by Crippen LogP contribution is -2.46. The molecule has 31 heavy (non-hydrogen) atoms. The van der Waals surface area contributed by atoms with Gasteiger partial charge in [-0.25, -0.2) is 9.37 Å². The first-order valence-corrected chi connectivity index (χ1v) is 11.7. The standard InChI is InChI=1S/C25H30FN5/c26-19-4-6-21(7-5-19)29-12-14-30(15-13-29)22-8-9-24-23(18-22)27-25-10-11-28(16-17-31(24)25)20-2-1-3-20/h4-9,18,20H,1-3,10-17H2. The number of piperazine rings is 1. The van der Waals surface area contributed by atoms with Crippen molar-refractivity contribution in [1.82, 2.24) is 14.5 Å². The third kappa shape index (κ3) is 3.57. The average Bonchev–Trinajstić information content (AvgIpc) is 2.99. The monoisotopic (exact) mass is 419 g/mol. The van der Waals surface area contributed by atoms with Crippen molar-refractivity contribution in [3.05, 3.63) is 54.1 Å². The van der Waals surface area contributed by atoms with Crippen LogP contribution in [-0.2, 0) is 13.0 Å². The molecule has 3 aromatic rings. The maximum atomic E-state index is 13.2. The molecule has 3 aliphatic rings. The number of anilines is 2. The molecule has 1 aliphatic carbocycles. The Labute approximate surface area is 183 Å². The summed E-state index contributed by atoms with van der Waals surface area (Å²) in [6.07, 6.45) is 5.20. The van der Waals surface area contributed by atoms with E-state index in [1.807, 2.05) is 12.1 Å². The average molecular weight is 420 g/mol. The molecular weight excluding hydrogens is 389 g/mol. The van der Waals surface area contributed by atoms with Crippen molar-refractivity contribution in [1.29, 1.82) is 0 Å². The summed E-state index contributed by atoms with van der Waals surface area (Å²) in [4.78, 5) is 12.5. The number of aromatic nitrogens is 2. The van der Waals surface area contributed by atoms with E-state index in [-0.39, 0.29) is 5.82 Å². The Hall–Kier alpha value is -2.60. The number of rotatable bonds is 3. The summed E-state index contributed by atoms with van der Waals surface area (Å²) in [5.74, 6) is 1.07. The van der Waals surface area contributed by atoms with E-state index in [4.69, 9.17) is 4.98 Å². The molecular formula is C25H30FN5. The third-order valence-electron chi connectivity index (χ3n) is 7.47. The molecule has 5 nitrogen and oxygen atoms in total. The van der Waals surface area contributed by atoms with Crippen molar-refractivity contribution in [3.8, 4) is 0 Å². The lowest BCUT2D eigenvalue weighted by atomic mass is 9.91. The van der Waals surface area contributed by atoms with Crippen LogP contribution in [0, 0.1) is 5.82 Å². The number of halogens is 1. The van der Waals surface area contributed by atoms with Gasteiger partial charge in [0, 0.05) is 69.7 Å². The molecule has 1 saturated heterocycles. The molecule has 0 amide bonds. The van der Waals surface area contributed by atoms with Crippen LogP contribution >= 0.6 is 0 Å². The van der Waals surface area contributed by atoms with E-state index in [1.165, 1.54) is 36.3 Å². The molecule has 2 fully saturated rings. The molecule has 0 atom stereocenters. The summed E-state index contributed by atoms with van der Waals surface area (Å²) in [6, 6.07) is 14.5. The molecule has 2 aromatic carbocycles. The summed E-state index contributed by atoms with van der Waals surface area (Å²) in [5.41, 5.74) is 4.77. The van der Waals surface area contributed by atoms with Crippen LogP contribution in [0.15, 0.2) is 42.5 Å². The van der Waals surface area contributed by atoms with Crippen molar-refractivity contribution in [2.75, 3.05) is 49.1 Å². The molecule has 6 rings (SSSR count). The van der Waals surface area contributed by atoms with Crippen molar-refractivity contribution >= 4 is 22.4 Å². The molecule has 0 N–H and O–H groups in total.